The minimum absolute atomic E-state index is 0.0263. The lowest BCUT2D eigenvalue weighted by Gasteiger charge is -2.21. The molecule has 158 valence electrons. The summed E-state index contributed by atoms with van der Waals surface area (Å²) in [6, 6.07) is 9.73. The van der Waals surface area contributed by atoms with Crippen LogP contribution in [0.15, 0.2) is 30.3 Å². The maximum Gasteiger partial charge on any atom is 0.315 e. The van der Waals surface area contributed by atoms with E-state index in [2.05, 4.69) is 33.4 Å². The van der Waals surface area contributed by atoms with Gasteiger partial charge in [0.2, 0.25) is 0 Å². The number of nitrogens with one attached hydrogen (secondary N) is 4. The molecule has 30 heavy (non-hydrogen) atoms. The van der Waals surface area contributed by atoms with E-state index in [1.54, 1.807) is 6.07 Å². The van der Waals surface area contributed by atoms with Crippen LogP contribution in [0.5, 0.6) is 0 Å². The molecule has 2 aromatic carbocycles. The zero-order valence-corrected chi connectivity index (χ0v) is 18.0. The first-order valence-electron chi connectivity index (χ1n) is 10.2. The lowest BCUT2D eigenvalue weighted by atomic mass is 9.97. The fourth-order valence-electron chi connectivity index (χ4n) is 4.14. The third-order valence-electron chi connectivity index (χ3n) is 5.64. The number of carbonyl (C=O) groups excluding carboxylic acids is 2. The minimum atomic E-state index is -0.335. The molecule has 4 rings (SSSR count). The summed E-state index contributed by atoms with van der Waals surface area (Å²) in [5.74, 6) is -0.335. The summed E-state index contributed by atoms with van der Waals surface area (Å²) in [7, 11) is 0. The summed E-state index contributed by atoms with van der Waals surface area (Å²) in [4.78, 5) is 24.8. The Bertz CT molecular complexity index is 980. The summed E-state index contributed by atoms with van der Waals surface area (Å²) < 4.78 is 0. The van der Waals surface area contributed by atoms with Gasteiger partial charge < -0.3 is 21.3 Å². The number of carbonyl (C=O) groups is 2. The van der Waals surface area contributed by atoms with Crippen molar-refractivity contribution in [3.63, 3.8) is 0 Å². The topological polar surface area (TPSA) is 82.3 Å². The third kappa shape index (κ3) is 4.41. The second-order valence-corrected chi connectivity index (χ2v) is 8.34. The fraction of sp³-hybridized carbons (Fsp3) is 0.364. The molecule has 0 saturated heterocycles. The van der Waals surface area contributed by atoms with Gasteiger partial charge in [0.05, 0.1) is 21.7 Å². The van der Waals surface area contributed by atoms with Gasteiger partial charge in [0.1, 0.15) is 0 Å². The number of rotatable bonds is 5. The number of hydrogen-bond donors (Lipinski definition) is 4. The average Bonchev–Trinajstić information content (AvgIpc) is 3.14. The van der Waals surface area contributed by atoms with Gasteiger partial charge in [0.25, 0.3) is 5.91 Å². The van der Waals surface area contributed by atoms with E-state index in [9.17, 15) is 9.59 Å². The largest absolute Gasteiger partial charge is 0.350 e. The maximum atomic E-state index is 12.6. The van der Waals surface area contributed by atoms with E-state index >= 15 is 0 Å². The van der Waals surface area contributed by atoms with Crippen LogP contribution in [0.25, 0.3) is 0 Å². The Kier molecular flexibility index (Phi) is 6.46. The van der Waals surface area contributed by atoms with Gasteiger partial charge in [0.15, 0.2) is 0 Å². The molecule has 4 N–H and O–H groups in total. The minimum Gasteiger partial charge on any atom is -0.350 e. The molecule has 0 fully saturated rings. The molecule has 1 aliphatic heterocycles. The molecular formula is C22H24Cl2N4O2. The molecule has 3 amide bonds. The fourth-order valence-corrected chi connectivity index (χ4v) is 4.90. The highest BCUT2D eigenvalue weighted by atomic mass is 35.5. The predicted octanol–water partition coefficient (Wildman–Crippen LogP) is 3.36. The van der Waals surface area contributed by atoms with Crippen molar-refractivity contribution in [2.45, 2.75) is 31.8 Å². The molecule has 2 aliphatic rings. The van der Waals surface area contributed by atoms with Gasteiger partial charge in [-0.15, -0.1) is 0 Å². The SMILES string of the molecule is O=C(NCCNC(=O)c1c(Cl)cc2c(c1Cl)CCNC2)NC1CCc2ccccc21. The van der Waals surface area contributed by atoms with E-state index in [-0.39, 0.29) is 24.5 Å². The van der Waals surface area contributed by atoms with Crippen LogP contribution < -0.4 is 21.3 Å². The lowest BCUT2D eigenvalue weighted by Crippen LogP contribution is -2.41. The normalized spacial score (nSPS) is 17.1. The molecule has 1 aliphatic carbocycles. The molecule has 1 heterocycles. The smallest absolute Gasteiger partial charge is 0.315 e. The second kappa shape index (κ2) is 9.25. The summed E-state index contributed by atoms with van der Waals surface area (Å²) in [5.41, 5.74) is 4.75. The Morgan fingerprint density at radius 1 is 1.07 bits per heavy atom. The number of halogens is 2. The molecule has 0 radical (unpaired) electrons. The highest BCUT2D eigenvalue weighted by Crippen LogP contribution is 2.33. The van der Waals surface area contributed by atoms with Gasteiger partial charge in [-0.2, -0.15) is 0 Å². The van der Waals surface area contributed by atoms with Gasteiger partial charge in [-0.05, 0) is 54.1 Å². The highest BCUT2D eigenvalue weighted by Gasteiger charge is 2.24. The van der Waals surface area contributed by atoms with Crippen LogP contribution in [0.1, 0.15) is 45.1 Å². The molecule has 1 atom stereocenters. The number of fused-ring (bicyclic) bond motifs is 2. The van der Waals surface area contributed by atoms with Crippen molar-refractivity contribution in [2.75, 3.05) is 19.6 Å². The number of benzene rings is 2. The van der Waals surface area contributed by atoms with Gasteiger partial charge in [0, 0.05) is 19.6 Å². The molecule has 6 nitrogen and oxygen atoms in total. The molecular weight excluding hydrogens is 423 g/mol. The van der Waals surface area contributed by atoms with E-state index in [1.165, 1.54) is 11.1 Å². The number of amides is 3. The Balaban J connectivity index is 1.27. The van der Waals surface area contributed by atoms with E-state index in [4.69, 9.17) is 23.2 Å². The first kappa shape index (κ1) is 21.0. The van der Waals surface area contributed by atoms with Crippen molar-refractivity contribution in [2.24, 2.45) is 0 Å². The van der Waals surface area contributed by atoms with Crippen LogP contribution in [-0.4, -0.2) is 31.6 Å². The second-order valence-electron chi connectivity index (χ2n) is 7.56. The van der Waals surface area contributed by atoms with Crippen molar-refractivity contribution in [3.8, 4) is 0 Å². The van der Waals surface area contributed by atoms with Crippen molar-refractivity contribution in [1.82, 2.24) is 21.3 Å². The predicted molar refractivity (Wildman–Crippen MR) is 118 cm³/mol. The van der Waals surface area contributed by atoms with Crippen LogP contribution in [-0.2, 0) is 19.4 Å². The molecule has 0 aromatic heterocycles. The van der Waals surface area contributed by atoms with Gasteiger partial charge in [-0.25, -0.2) is 4.79 Å². The van der Waals surface area contributed by atoms with Crippen LogP contribution >= 0.6 is 23.2 Å². The van der Waals surface area contributed by atoms with Crippen LogP contribution in [0.4, 0.5) is 4.79 Å². The molecule has 0 saturated carbocycles. The first-order valence-corrected chi connectivity index (χ1v) is 10.9. The van der Waals surface area contributed by atoms with E-state index in [0.717, 1.165) is 36.9 Å². The van der Waals surface area contributed by atoms with Crippen molar-refractivity contribution >= 4 is 35.1 Å². The molecule has 0 spiro atoms. The number of urea groups is 1. The molecule has 1 unspecified atom stereocenters. The van der Waals surface area contributed by atoms with E-state index in [0.29, 0.717) is 28.7 Å². The monoisotopic (exact) mass is 446 g/mol. The average molecular weight is 447 g/mol. The van der Waals surface area contributed by atoms with Gasteiger partial charge >= 0.3 is 6.03 Å². The van der Waals surface area contributed by atoms with Crippen molar-refractivity contribution < 1.29 is 9.59 Å². The van der Waals surface area contributed by atoms with Crippen LogP contribution in [0.3, 0.4) is 0 Å². The zero-order valence-electron chi connectivity index (χ0n) is 16.5. The summed E-state index contributed by atoms with van der Waals surface area (Å²) in [5, 5.41) is 12.6. The van der Waals surface area contributed by atoms with Gasteiger partial charge in [-0.3, -0.25) is 4.79 Å². The third-order valence-corrected chi connectivity index (χ3v) is 6.36. The van der Waals surface area contributed by atoms with Crippen molar-refractivity contribution in [3.05, 3.63) is 68.2 Å². The first-order chi connectivity index (χ1) is 14.5. The maximum absolute atomic E-state index is 12.6. The number of hydrogen-bond acceptors (Lipinski definition) is 3. The highest BCUT2D eigenvalue weighted by molar-refractivity contribution is 6.40. The Morgan fingerprint density at radius 3 is 2.73 bits per heavy atom. The molecule has 8 heteroatoms. The summed E-state index contributed by atoms with van der Waals surface area (Å²) in [6.07, 6.45) is 2.63. The van der Waals surface area contributed by atoms with E-state index < -0.39 is 0 Å². The van der Waals surface area contributed by atoms with Crippen molar-refractivity contribution in [1.29, 1.82) is 0 Å². The molecule has 2 aromatic rings. The van der Waals surface area contributed by atoms with Crippen LogP contribution in [0, 0.1) is 0 Å². The Hall–Kier alpha value is -2.28. The lowest BCUT2D eigenvalue weighted by molar-refractivity contribution is 0.0954. The summed E-state index contributed by atoms with van der Waals surface area (Å²) >= 11 is 12.8. The zero-order chi connectivity index (χ0) is 21.1. The van der Waals surface area contributed by atoms with Crippen LogP contribution in [0.2, 0.25) is 10.0 Å². The quantitative estimate of drug-likeness (QED) is 0.531. The Morgan fingerprint density at radius 2 is 1.87 bits per heavy atom. The molecule has 0 bridgehead atoms. The number of aryl methyl sites for hydroxylation is 1. The summed E-state index contributed by atoms with van der Waals surface area (Å²) in [6.45, 7) is 2.09. The van der Waals surface area contributed by atoms with Gasteiger partial charge in [-0.1, -0.05) is 47.5 Å². The standard InChI is InChI=1S/C22H24Cl2N4O2/c23-17-11-14-12-25-8-7-16(14)20(24)19(17)21(29)26-9-10-27-22(30)28-18-6-5-13-3-1-2-4-15(13)18/h1-4,11,18,25H,5-10,12H2,(H,26,29)(H2,27,28,30). The Labute approximate surface area is 185 Å². The van der Waals surface area contributed by atoms with E-state index in [1.807, 2.05) is 12.1 Å².